The van der Waals surface area contributed by atoms with Gasteiger partial charge in [-0.15, -0.1) is 0 Å². The largest absolute Gasteiger partial charge is 0.494 e. The summed E-state index contributed by atoms with van der Waals surface area (Å²) in [5.41, 5.74) is 5.73. The summed E-state index contributed by atoms with van der Waals surface area (Å²) >= 11 is 6.05. The van der Waals surface area contributed by atoms with Gasteiger partial charge in [-0.3, -0.25) is 9.79 Å². The number of rotatable bonds is 5. The van der Waals surface area contributed by atoms with Crippen molar-refractivity contribution in [2.75, 3.05) is 12.4 Å². The van der Waals surface area contributed by atoms with E-state index in [1.54, 1.807) is 20.8 Å². The van der Waals surface area contributed by atoms with E-state index < -0.39 is 5.54 Å². The highest BCUT2D eigenvalue weighted by Crippen LogP contribution is 2.32. The highest BCUT2D eigenvalue weighted by Gasteiger charge is 2.26. The first kappa shape index (κ1) is 18.5. The summed E-state index contributed by atoms with van der Waals surface area (Å²) in [7, 11) is 1.42. The number of allylic oxidation sites excluding steroid dienone is 1. The number of anilines is 1. The van der Waals surface area contributed by atoms with Gasteiger partial charge in [0.2, 0.25) is 0 Å². The third kappa shape index (κ3) is 4.73. The van der Waals surface area contributed by atoms with Crippen molar-refractivity contribution < 1.29 is 9.53 Å². The fourth-order valence-corrected chi connectivity index (χ4v) is 1.90. The number of nitrogens with one attached hydrogen (secondary N) is 1. The van der Waals surface area contributed by atoms with Crippen molar-refractivity contribution in [3.05, 3.63) is 34.5 Å². The number of amides is 1. The molecule has 0 saturated carbocycles. The smallest absolute Gasteiger partial charge is 0.251 e. The number of ether oxygens (including phenoxy) is 1. The lowest BCUT2D eigenvalue weighted by Crippen LogP contribution is -2.35. The SMILES string of the molecule is COc1c(Cl)cc(NC(=O)C(C)(C)N=CC(C)=CN)cc1C#N. The van der Waals surface area contributed by atoms with Crippen molar-refractivity contribution in [3.8, 4) is 11.8 Å². The second-order valence-corrected chi connectivity index (χ2v) is 5.74. The van der Waals surface area contributed by atoms with E-state index in [0.29, 0.717) is 5.69 Å². The molecule has 0 aliphatic heterocycles. The minimum absolute atomic E-state index is 0.235. The van der Waals surface area contributed by atoms with Crippen LogP contribution < -0.4 is 15.8 Å². The van der Waals surface area contributed by atoms with Crippen LogP contribution in [-0.4, -0.2) is 24.8 Å². The van der Waals surface area contributed by atoms with Crippen LogP contribution in [0.5, 0.6) is 5.75 Å². The minimum atomic E-state index is -1.01. The van der Waals surface area contributed by atoms with Gasteiger partial charge in [0.15, 0.2) is 5.75 Å². The lowest BCUT2D eigenvalue weighted by Gasteiger charge is -2.19. The standard InChI is InChI=1S/C16H19ClN4O2/c1-10(7-18)9-20-16(2,3)15(22)21-12-5-11(8-19)14(23-4)13(17)6-12/h5-7,9H,18H2,1-4H3,(H,21,22). The van der Waals surface area contributed by atoms with Crippen LogP contribution in [0, 0.1) is 11.3 Å². The van der Waals surface area contributed by atoms with Crippen LogP contribution >= 0.6 is 11.6 Å². The van der Waals surface area contributed by atoms with Crippen molar-refractivity contribution >= 4 is 29.4 Å². The molecule has 1 aromatic rings. The van der Waals surface area contributed by atoms with E-state index in [2.05, 4.69) is 10.3 Å². The molecule has 0 bridgehead atoms. The molecule has 0 unspecified atom stereocenters. The molecule has 23 heavy (non-hydrogen) atoms. The first-order valence-electron chi connectivity index (χ1n) is 6.78. The van der Waals surface area contributed by atoms with Crippen LogP contribution in [0.2, 0.25) is 5.02 Å². The third-order valence-corrected chi connectivity index (χ3v) is 3.32. The number of halogens is 1. The summed E-state index contributed by atoms with van der Waals surface area (Å²) in [6.45, 7) is 5.11. The molecule has 6 nitrogen and oxygen atoms in total. The number of aliphatic imine (C=N–C) groups is 1. The predicted octanol–water partition coefficient (Wildman–Crippen LogP) is 2.87. The van der Waals surface area contributed by atoms with Gasteiger partial charge >= 0.3 is 0 Å². The average Bonchev–Trinajstić information content (AvgIpc) is 2.51. The Morgan fingerprint density at radius 2 is 2.17 bits per heavy atom. The monoisotopic (exact) mass is 334 g/mol. The predicted molar refractivity (Wildman–Crippen MR) is 91.9 cm³/mol. The van der Waals surface area contributed by atoms with Crippen molar-refractivity contribution in [2.45, 2.75) is 26.3 Å². The average molecular weight is 335 g/mol. The Hall–Kier alpha value is -2.52. The molecule has 0 saturated heterocycles. The summed E-state index contributed by atoms with van der Waals surface area (Å²) in [5, 5.41) is 12.1. The van der Waals surface area contributed by atoms with Gasteiger partial charge in [-0.2, -0.15) is 5.26 Å². The minimum Gasteiger partial charge on any atom is -0.494 e. The third-order valence-electron chi connectivity index (χ3n) is 3.04. The van der Waals surface area contributed by atoms with E-state index in [0.717, 1.165) is 5.57 Å². The second kappa shape index (κ2) is 7.65. The van der Waals surface area contributed by atoms with E-state index in [1.165, 1.54) is 31.7 Å². The molecule has 0 aromatic heterocycles. The molecule has 1 amide bonds. The Morgan fingerprint density at radius 1 is 1.52 bits per heavy atom. The normalized spacial score (nSPS) is 12.1. The van der Waals surface area contributed by atoms with Gasteiger partial charge < -0.3 is 15.8 Å². The van der Waals surface area contributed by atoms with Gasteiger partial charge in [0.1, 0.15) is 11.6 Å². The van der Waals surface area contributed by atoms with E-state index >= 15 is 0 Å². The number of nitrogens with zero attached hydrogens (tertiary/aromatic N) is 2. The molecule has 3 N–H and O–H groups in total. The number of hydrogen-bond acceptors (Lipinski definition) is 5. The fraction of sp³-hybridized carbons (Fsp3) is 0.312. The first-order valence-corrected chi connectivity index (χ1v) is 7.15. The number of carbonyl (C=O) groups excluding carboxylic acids is 1. The van der Waals surface area contributed by atoms with Crippen LogP contribution in [-0.2, 0) is 4.79 Å². The van der Waals surface area contributed by atoms with Crippen molar-refractivity contribution in [1.82, 2.24) is 0 Å². The zero-order valence-electron chi connectivity index (χ0n) is 13.5. The van der Waals surface area contributed by atoms with Gasteiger partial charge in [-0.1, -0.05) is 11.6 Å². The molecule has 0 fully saturated rings. The van der Waals surface area contributed by atoms with Crippen LogP contribution in [0.3, 0.4) is 0 Å². The molecular weight excluding hydrogens is 316 g/mol. The Morgan fingerprint density at radius 3 is 2.70 bits per heavy atom. The van der Waals surface area contributed by atoms with Gasteiger partial charge in [0, 0.05) is 11.9 Å². The molecule has 122 valence electrons. The highest BCUT2D eigenvalue weighted by molar-refractivity contribution is 6.32. The molecule has 0 aliphatic rings. The number of carbonyl (C=O) groups is 1. The van der Waals surface area contributed by atoms with E-state index in [4.69, 9.17) is 27.3 Å². The number of nitriles is 1. The Kier molecular flexibility index (Phi) is 6.17. The van der Waals surface area contributed by atoms with Gasteiger partial charge in [0.25, 0.3) is 5.91 Å². The maximum Gasteiger partial charge on any atom is 0.251 e. The number of nitrogens with two attached hydrogens (primary N) is 1. The van der Waals surface area contributed by atoms with Crippen molar-refractivity contribution in [1.29, 1.82) is 5.26 Å². The Bertz CT molecular complexity index is 703. The Balaban J connectivity index is 3.04. The topological polar surface area (TPSA) is 100 Å². The van der Waals surface area contributed by atoms with Crippen LogP contribution in [0.4, 0.5) is 5.69 Å². The molecule has 0 atom stereocenters. The quantitative estimate of drug-likeness (QED) is 0.808. The first-order chi connectivity index (χ1) is 10.7. The lowest BCUT2D eigenvalue weighted by molar-refractivity contribution is -0.119. The van der Waals surface area contributed by atoms with Gasteiger partial charge in [-0.25, -0.2) is 0 Å². The van der Waals surface area contributed by atoms with Gasteiger partial charge in [0.05, 0.1) is 17.7 Å². The maximum absolute atomic E-state index is 12.4. The molecule has 7 heteroatoms. The zero-order valence-corrected chi connectivity index (χ0v) is 14.2. The summed E-state index contributed by atoms with van der Waals surface area (Å²) in [6.07, 6.45) is 2.93. The van der Waals surface area contributed by atoms with E-state index in [9.17, 15) is 4.79 Å². The van der Waals surface area contributed by atoms with Crippen LogP contribution in [0.15, 0.2) is 28.9 Å². The lowest BCUT2D eigenvalue weighted by atomic mass is 10.0. The molecular formula is C16H19ClN4O2. The summed E-state index contributed by atoms with van der Waals surface area (Å²) < 4.78 is 5.06. The number of hydrogen-bond donors (Lipinski definition) is 2. The summed E-state index contributed by atoms with van der Waals surface area (Å²) in [4.78, 5) is 16.6. The molecule has 0 radical (unpaired) electrons. The fourth-order valence-electron chi connectivity index (χ4n) is 1.61. The summed E-state index contributed by atoms with van der Waals surface area (Å²) in [6, 6.07) is 4.99. The zero-order chi connectivity index (χ0) is 17.6. The second-order valence-electron chi connectivity index (χ2n) is 5.33. The van der Waals surface area contributed by atoms with Crippen molar-refractivity contribution in [3.63, 3.8) is 0 Å². The molecule has 0 aliphatic carbocycles. The van der Waals surface area contributed by atoms with E-state index in [1.807, 2.05) is 6.07 Å². The van der Waals surface area contributed by atoms with Crippen molar-refractivity contribution in [2.24, 2.45) is 10.7 Å². The van der Waals surface area contributed by atoms with Crippen LogP contribution in [0.25, 0.3) is 0 Å². The van der Waals surface area contributed by atoms with Crippen LogP contribution in [0.1, 0.15) is 26.3 Å². The Labute approximate surface area is 140 Å². The number of methoxy groups -OCH3 is 1. The maximum atomic E-state index is 12.4. The molecule has 1 aromatic carbocycles. The molecule has 1 rings (SSSR count). The number of benzene rings is 1. The van der Waals surface area contributed by atoms with Gasteiger partial charge in [-0.05, 0) is 44.7 Å². The van der Waals surface area contributed by atoms with E-state index in [-0.39, 0.29) is 22.2 Å². The molecule has 0 spiro atoms. The molecule has 0 heterocycles. The summed E-state index contributed by atoms with van der Waals surface area (Å²) in [5.74, 6) is -0.0724. The highest BCUT2D eigenvalue weighted by atomic mass is 35.5.